The number of carboxylic acid groups (broad SMARTS) is 1. The van der Waals surface area contributed by atoms with Crippen molar-refractivity contribution in [3.63, 3.8) is 0 Å². The van der Waals surface area contributed by atoms with Gasteiger partial charge in [0.1, 0.15) is 5.69 Å². The zero-order chi connectivity index (χ0) is 29.9. The highest BCUT2D eigenvalue weighted by Crippen LogP contribution is 2.50. The molecule has 3 N–H and O–H groups in total. The topological polar surface area (TPSA) is 91.6 Å². The molecule has 6 nitrogen and oxygen atoms in total. The van der Waals surface area contributed by atoms with Crippen molar-refractivity contribution in [1.82, 2.24) is 9.88 Å². The van der Waals surface area contributed by atoms with Crippen LogP contribution in [0.25, 0.3) is 11.1 Å². The summed E-state index contributed by atoms with van der Waals surface area (Å²) in [4.78, 5) is 24.6. The van der Waals surface area contributed by atoms with E-state index in [1.165, 1.54) is 0 Å². The average molecular weight is 575 g/mol. The number of aromatic nitrogens is 1. The van der Waals surface area contributed by atoms with Gasteiger partial charge >= 0.3 is 12.1 Å². The fraction of sp³-hybridized carbons (Fsp3) is 0.625. The third kappa shape index (κ3) is 6.20. The monoisotopic (exact) mass is 574 g/mol. The highest BCUT2D eigenvalue weighted by Gasteiger charge is 2.43. The quantitative estimate of drug-likeness (QED) is 0.337. The fourth-order valence-electron chi connectivity index (χ4n) is 6.56. The zero-order valence-corrected chi connectivity index (χ0v) is 24.3. The molecule has 0 saturated heterocycles. The number of nitrogens with one attached hydrogen (secondary N) is 1. The molecule has 3 aliphatic carbocycles. The normalized spacial score (nSPS) is 25.9. The Morgan fingerprint density at radius 2 is 1.76 bits per heavy atom. The molecule has 3 fully saturated rings. The summed E-state index contributed by atoms with van der Waals surface area (Å²) >= 11 is 0. The standard InChI is InChI=1S/C32H41F3N2O4/c1-30(2,41)22-12-19(13-23(16-22)31(3)8-9-31)25-17-27(28(38)36-24-14-20(15-24)29(39)40)37(4)26(25)11-18-6-5-7-21(10-18)32(33,34)35/h12-13,16-18,20-21,24,41H,5-11,14-15H2,1-4H3,(H,36,38)(H,39,40). The number of aliphatic carboxylic acids is 1. The average Bonchev–Trinajstić information content (AvgIpc) is 3.54. The molecule has 1 aromatic heterocycles. The molecular weight excluding hydrogens is 533 g/mol. The molecule has 224 valence electrons. The molecule has 2 aromatic rings. The molecule has 3 aliphatic rings. The summed E-state index contributed by atoms with van der Waals surface area (Å²) in [6.45, 7) is 5.66. The van der Waals surface area contributed by atoms with Crippen molar-refractivity contribution in [2.24, 2.45) is 24.8 Å². The lowest BCUT2D eigenvalue weighted by Crippen LogP contribution is -2.47. The number of halogens is 3. The van der Waals surface area contributed by atoms with E-state index < -0.39 is 29.6 Å². The first-order chi connectivity index (χ1) is 19.0. The maximum Gasteiger partial charge on any atom is 0.391 e. The minimum atomic E-state index is -4.22. The van der Waals surface area contributed by atoms with Gasteiger partial charge < -0.3 is 20.1 Å². The van der Waals surface area contributed by atoms with Crippen LogP contribution in [0.15, 0.2) is 24.3 Å². The van der Waals surface area contributed by atoms with E-state index in [2.05, 4.69) is 18.3 Å². The smallest absolute Gasteiger partial charge is 0.391 e. The molecule has 0 bridgehead atoms. The van der Waals surface area contributed by atoms with Gasteiger partial charge in [-0.1, -0.05) is 31.9 Å². The van der Waals surface area contributed by atoms with Gasteiger partial charge in [-0.2, -0.15) is 13.2 Å². The van der Waals surface area contributed by atoms with Gasteiger partial charge in [-0.05, 0) is 98.9 Å². The molecule has 41 heavy (non-hydrogen) atoms. The van der Waals surface area contributed by atoms with Crippen molar-refractivity contribution in [2.45, 2.75) is 102 Å². The van der Waals surface area contributed by atoms with Gasteiger partial charge in [-0.3, -0.25) is 9.59 Å². The lowest BCUT2D eigenvalue weighted by Gasteiger charge is -2.33. The lowest BCUT2D eigenvalue weighted by atomic mass is 9.78. The molecule has 0 aliphatic heterocycles. The number of rotatable bonds is 8. The molecular formula is C32H41F3N2O4. The Bertz CT molecular complexity index is 1310. The number of benzene rings is 1. The van der Waals surface area contributed by atoms with E-state index >= 15 is 0 Å². The van der Waals surface area contributed by atoms with Crippen molar-refractivity contribution < 1.29 is 33.0 Å². The van der Waals surface area contributed by atoms with Crippen LogP contribution in [0.4, 0.5) is 13.2 Å². The number of carboxylic acids is 1. The summed E-state index contributed by atoms with van der Waals surface area (Å²) in [5.41, 5.74) is 3.61. The van der Waals surface area contributed by atoms with E-state index in [9.17, 15) is 33.0 Å². The van der Waals surface area contributed by atoms with E-state index in [0.29, 0.717) is 37.8 Å². The largest absolute Gasteiger partial charge is 0.481 e. The summed E-state index contributed by atoms with van der Waals surface area (Å²) in [6, 6.07) is 7.66. The van der Waals surface area contributed by atoms with Crippen molar-refractivity contribution >= 4 is 11.9 Å². The Morgan fingerprint density at radius 3 is 2.34 bits per heavy atom. The molecule has 3 saturated carbocycles. The van der Waals surface area contributed by atoms with Gasteiger partial charge in [0.2, 0.25) is 0 Å². The van der Waals surface area contributed by atoms with Gasteiger partial charge in [-0.15, -0.1) is 0 Å². The van der Waals surface area contributed by atoms with E-state index in [4.69, 9.17) is 0 Å². The number of carbonyl (C=O) groups is 2. The Kier molecular flexibility index (Phi) is 7.58. The molecule has 2 unspecified atom stereocenters. The van der Waals surface area contributed by atoms with E-state index in [1.807, 2.05) is 18.2 Å². The van der Waals surface area contributed by atoms with Gasteiger partial charge in [-0.25, -0.2) is 0 Å². The minimum absolute atomic E-state index is 0.0133. The Hall–Kier alpha value is -2.81. The Morgan fingerprint density at radius 1 is 1.07 bits per heavy atom. The van der Waals surface area contributed by atoms with E-state index in [-0.39, 0.29) is 36.1 Å². The van der Waals surface area contributed by atoms with Crippen LogP contribution in [0, 0.1) is 17.8 Å². The molecule has 1 aromatic carbocycles. The Balaban J connectivity index is 1.53. The van der Waals surface area contributed by atoms with Crippen LogP contribution >= 0.6 is 0 Å². The summed E-state index contributed by atoms with van der Waals surface area (Å²) < 4.78 is 42.7. The number of amides is 1. The van der Waals surface area contributed by atoms with Crippen molar-refractivity contribution in [3.8, 4) is 11.1 Å². The summed E-state index contributed by atoms with van der Waals surface area (Å²) in [5, 5.41) is 23.1. The van der Waals surface area contributed by atoms with E-state index in [0.717, 1.165) is 40.8 Å². The molecule has 5 rings (SSSR count). The van der Waals surface area contributed by atoms with Gasteiger partial charge in [0.25, 0.3) is 5.91 Å². The first-order valence-corrected chi connectivity index (χ1v) is 14.7. The van der Waals surface area contributed by atoms with Crippen LogP contribution < -0.4 is 5.32 Å². The second kappa shape index (κ2) is 10.5. The number of nitrogens with zero attached hydrogens (tertiary/aromatic N) is 1. The van der Waals surface area contributed by atoms with Crippen molar-refractivity contribution in [3.05, 3.63) is 46.8 Å². The predicted molar refractivity (Wildman–Crippen MR) is 150 cm³/mol. The van der Waals surface area contributed by atoms with Crippen LogP contribution in [0.3, 0.4) is 0 Å². The van der Waals surface area contributed by atoms with Crippen LogP contribution in [-0.4, -0.2) is 38.9 Å². The maximum atomic E-state index is 13.6. The van der Waals surface area contributed by atoms with Crippen LogP contribution in [0.5, 0.6) is 0 Å². The number of alkyl halides is 3. The van der Waals surface area contributed by atoms with Crippen LogP contribution in [-0.2, 0) is 29.3 Å². The number of carbonyl (C=O) groups excluding carboxylic acids is 1. The second-order valence-electron chi connectivity index (χ2n) is 13.5. The second-order valence-corrected chi connectivity index (χ2v) is 13.5. The number of hydrogen-bond donors (Lipinski definition) is 3. The first kappa shape index (κ1) is 29.7. The molecule has 2 atom stereocenters. The van der Waals surface area contributed by atoms with Crippen LogP contribution in [0.1, 0.15) is 99.4 Å². The third-order valence-electron chi connectivity index (χ3n) is 9.79. The zero-order valence-electron chi connectivity index (χ0n) is 24.3. The summed E-state index contributed by atoms with van der Waals surface area (Å²) in [7, 11) is 1.78. The van der Waals surface area contributed by atoms with Gasteiger partial charge in [0, 0.05) is 24.3 Å². The minimum Gasteiger partial charge on any atom is -0.481 e. The molecule has 1 heterocycles. The fourth-order valence-corrected chi connectivity index (χ4v) is 6.56. The first-order valence-electron chi connectivity index (χ1n) is 14.7. The van der Waals surface area contributed by atoms with Crippen LogP contribution in [0.2, 0.25) is 0 Å². The number of hydrogen-bond acceptors (Lipinski definition) is 3. The highest BCUT2D eigenvalue weighted by molar-refractivity contribution is 5.95. The van der Waals surface area contributed by atoms with Gasteiger partial charge in [0.15, 0.2) is 0 Å². The maximum absolute atomic E-state index is 13.6. The third-order valence-corrected chi connectivity index (χ3v) is 9.79. The Labute approximate surface area is 239 Å². The predicted octanol–water partition coefficient (Wildman–Crippen LogP) is 6.48. The number of aliphatic hydroxyl groups is 1. The van der Waals surface area contributed by atoms with Crippen molar-refractivity contribution in [2.75, 3.05) is 0 Å². The SMILES string of the molecule is Cn1c(C(=O)NC2CC(C(=O)O)C2)cc(-c2cc(C(C)(C)O)cc(C3(C)CC3)c2)c1CC1CCCC(C(F)(F)F)C1. The summed E-state index contributed by atoms with van der Waals surface area (Å²) in [6.07, 6.45) is 0.470. The molecule has 0 radical (unpaired) electrons. The van der Waals surface area contributed by atoms with Crippen molar-refractivity contribution in [1.29, 1.82) is 0 Å². The molecule has 0 spiro atoms. The summed E-state index contributed by atoms with van der Waals surface area (Å²) in [5.74, 6) is -3.12. The molecule has 9 heteroatoms. The lowest BCUT2D eigenvalue weighted by molar-refractivity contribution is -0.185. The molecule has 1 amide bonds. The van der Waals surface area contributed by atoms with Gasteiger partial charge in [0.05, 0.1) is 17.4 Å². The highest BCUT2D eigenvalue weighted by atomic mass is 19.4. The van der Waals surface area contributed by atoms with E-state index in [1.54, 1.807) is 25.5 Å².